The van der Waals surface area contributed by atoms with Gasteiger partial charge in [0.2, 0.25) is 5.89 Å². The Balaban J connectivity index is 1.35. The van der Waals surface area contributed by atoms with E-state index in [-0.39, 0.29) is 12.2 Å². The fraction of sp³-hybridized carbons (Fsp3) is 0.316. The van der Waals surface area contributed by atoms with Gasteiger partial charge in [0.15, 0.2) is 0 Å². The van der Waals surface area contributed by atoms with Crippen molar-refractivity contribution in [1.82, 2.24) is 10.2 Å². The van der Waals surface area contributed by atoms with Crippen LogP contribution in [-0.2, 0) is 17.6 Å². The minimum Gasteiger partial charge on any atom is -0.419 e. The molecule has 0 saturated carbocycles. The van der Waals surface area contributed by atoms with Gasteiger partial charge in [0, 0.05) is 6.42 Å². The highest BCUT2D eigenvalue weighted by atomic mass is 32.1. The van der Waals surface area contributed by atoms with Crippen LogP contribution in [0.25, 0.3) is 10.8 Å². The second kappa shape index (κ2) is 8.55. The van der Waals surface area contributed by atoms with Gasteiger partial charge in [-0.05, 0) is 36.3 Å². The largest absolute Gasteiger partial charge is 0.419 e. The Kier molecular flexibility index (Phi) is 5.90. The van der Waals surface area contributed by atoms with E-state index < -0.39 is 0 Å². The van der Waals surface area contributed by atoms with Crippen molar-refractivity contribution in [3.05, 3.63) is 59.3 Å². The molecule has 0 amide bonds. The highest BCUT2D eigenvalue weighted by Gasteiger charge is 2.12. The van der Waals surface area contributed by atoms with Crippen molar-refractivity contribution in [3.63, 3.8) is 0 Å². The van der Waals surface area contributed by atoms with Gasteiger partial charge in [0.25, 0.3) is 5.89 Å². The number of ketones is 1. The van der Waals surface area contributed by atoms with Gasteiger partial charge in [-0.2, -0.15) is 0 Å². The number of hydrogen-bond donors (Lipinski definition) is 0. The molecule has 1 aromatic carbocycles. The molecule has 0 aliphatic carbocycles. The van der Waals surface area contributed by atoms with Crippen LogP contribution >= 0.6 is 11.3 Å². The number of aromatic nitrogens is 2. The Morgan fingerprint density at radius 3 is 2.67 bits per heavy atom. The summed E-state index contributed by atoms with van der Waals surface area (Å²) in [6.07, 6.45) is 4.97. The van der Waals surface area contributed by atoms with Gasteiger partial charge in [-0.1, -0.05) is 42.8 Å². The molecule has 4 nitrogen and oxygen atoms in total. The maximum atomic E-state index is 12.0. The number of thiophene rings is 1. The first-order valence-corrected chi connectivity index (χ1v) is 9.11. The van der Waals surface area contributed by atoms with E-state index in [2.05, 4.69) is 34.5 Å². The van der Waals surface area contributed by atoms with E-state index in [0.717, 1.165) is 30.6 Å². The summed E-state index contributed by atoms with van der Waals surface area (Å²) in [5, 5.41) is 9.92. The van der Waals surface area contributed by atoms with E-state index in [1.165, 1.54) is 5.56 Å². The molecule has 24 heavy (non-hydrogen) atoms. The van der Waals surface area contributed by atoms with Crippen LogP contribution in [0.1, 0.15) is 37.1 Å². The fourth-order valence-corrected chi connectivity index (χ4v) is 3.20. The average molecular weight is 340 g/mol. The summed E-state index contributed by atoms with van der Waals surface area (Å²) in [6, 6.07) is 14.3. The van der Waals surface area contributed by atoms with Crippen molar-refractivity contribution in [2.45, 2.75) is 38.5 Å². The number of unbranched alkanes of at least 4 members (excludes halogenated alkanes) is 2. The minimum absolute atomic E-state index is 0.163. The molecule has 0 saturated heterocycles. The minimum atomic E-state index is 0.163. The third kappa shape index (κ3) is 4.86. The van der Waals surface area contributed by atoms with Gasteiger partial charge in [-0.25, -0.2) is 0 Å². The van der Waals surface area contributed by atoms with Gasteiger partial charge >= 0.3 is 0 Å². The summed E-state index contributed by atoms with van der Waals surface area (Å²) < 4.78 is 5.55. The average Bonchev–Trinajstić information content (AvgIpc) is 3.27. The molecule has 0 fully saturated rings. The lowest BCUT2D eigenvalue weighted by atomic mass is 10.0. The molecule has 0 atom stereocenters. The van der Waals surface area contributed by atoms with E-state index in [1.807, 2.05) is 23.6 Å². The molecule has 3 aromatic rings. The third-order valence-corrected chi connectivity index (χ3v) is 4.67. The topological polar surface area (TPSA) is 56.0 Å². The Morgan fingerprint density at radius 2 is 1.88 bits per heavy atom. The molecule has 0 unspecified atom stereocenters. The Labute approximate surface area is 145 Å². The lowest BCUT2D eigenvalue weighted by Gasteiger charge is -2.01. The molecule has 0 aliphatic rings. The lowest BCUT2D eigenvalue weighted by Crippen LogP contribution is -2.03. The first kappa shape index (κ1) is 16.6. The number of carbonyl (C=O) groups is 1. The molecule has 0 bridgehead atoms. The monoisotopic (exact) mass is 340 g/mol. The smallest absolute Gasteiger partial charge is 0.257 e. The number of Topliss-reactive ketones (excluding diaryl/α,β-unsaturated/α-hetero) is 1. The zero-order valence-electron chi connectivity index (χ0n) is 13.5. The SMILES string of the molecule is O=C(CCCCCc1ccccc1)Cc1nnc(-c2cccs2)o1. The fourth-order valence-electron chi connectivity index (χ4n) is 2.55. The summed E-state index contributed by atoms with van der Waals surface area (Å²) in [5.74, 6) is 1.07. The molecule has 2 heterocycles. The van der Waals surface area contributed by atoms with Crippen molar-refractivity contribution in [1.29, 1.82) is 0 Å². The van der Waals surface area contributed by atoms with Gasteiger partial charge < -0.3 is 4.42 Å². The summed E-state index contributed by atoms with van der Waals surface area (Å²) in [4.78, 5) is 12.9. The van der Waals surface area contributed by atoms with E-state index in [0.29, 0.717) is 18.2 Å². The van der Waals surface area contributed by atoms with Crippen molar-refractivity contribution in [3.8, 4) is 10.8 Å². The van der Waals surface area contributed by atoms with Crippen molar-refractivity contribution in [2.75, 3.05) is 0 Å². The molecule has 124 valence electrons. The number of benzene rings is 1. The molecule has 3 rings (SSSR count). The van der Waals surface area contributed by atoms with E-state index >= 15 is 0 Å². The van der Waals surface area contributed by atoms with Crippen molar-refractivity contribution in [2.24, 2.45) is 0 Å². The zero-order valence-corrected chi connectivity index (χ0v) is 14.3. The normalized spacial score (nSPS) is 10.8. The molecule has 0 radical (unpaired) electrons. The lowest BCUT2D eigenvalue weighted by molar-refractivity contribution is -0.118. The molecule has 0 aliphatic heterocycles. The molecule has 5 heteroatoms. The van der Waals surface area contributed by atoms with Crippen LogP contribution < -0.4 is 0 Å². The van der Waals surface area contributed by atoms with E-state index in [1.54, 1.807) is 11.3 Å². The molecular formula is C19H20N2O2S. The standard InChI is InChI=1S/C19H20N2O2S/c22-16(11-6-2-5-10-15-8-3-1-4-9-15)14-18-20-21-19(23-18)17-12-7-13-24-17/h1,3-4,7-9,12-13H,2,5-6,10-11,14H2. The van der Waals surface area contributed by atoms with Crippen LogP contribution in [0.2, 0.25) is 0 Å². The predicted octanol–water partition coefficient (Wildman–Crippen LogP) is 4.71. The number of hydrogen-bond acceptors (Lipinski definition) is 5. The highest BCUT2D eigenvalue weighted by molar-refractivity contribution is 7.13. The van der Waals surface area contributed by atoms with E-state index in [4.69, 9.17) is 4.42 Å². The number of nitrogens with zero attached hydrogens (tertiary/aromatic N) is 2. The van der Waals surface area contributed by atoms with Gasteiger partial charge in [0.1, 0.15) is 5.78 Å². The molecular weight excluding hydrogens is 320 g/mol. The number of carbonyl (C=O) groups excluding carboxylic acids is 1. The number of aryl methyl sites for hydroxylation is 1. The number of rotatable bonds is 9. The Hall–Kier alpha value is -2.27. The highest BCUT2D eigenvalue weighted by Crippen LogP contribution is 2.23. The first-order chi connectivity index (χ1) is 11.8. The summed E-state index contributed by atoms with van der Waals surface area (Å²) in [6.45, 7) is 0. The third-order valence-electron chi connectivity index (χ3n) is 3.81. The van der Waals surface area contributed by atoms with Crippen LogP contribution in [0.5, 0.6) is 0 Å². The van der Waals surface area contributed by atoms with Gasteiger partial charge in [0.05, 0.1) is 11.3 Å². The van der Waals surface area contributed by atoms with Crippen LogP contribution in [0.4, 0.5) is 0 Å². The van der Waals surface area contributed by atoms with Gasteiger partial charge in [-0.3, -0.25) is 4.79 Å². The molecule has 0 spiro atoms. The maximum Gasteiger partial charge on any atom is 0.257 e. The molecule has 2 aromatic heterocycles. The second-order valence-electron chi connectivity index (χ2n) is 5.74. The quantitative estimate of drug-likeness (QED) is 0.529. The van der Waals surface area contributed by atoms with Crippen molar-refractivity contribution < 1.29 is 9.21 Å². The molecule has 0 N–H and O–H groups in total. The van der Waals surface area contributed by atoms with Crippen molar-refractivity contribution >= 4 is 17.1 Å². The zero-order chi connectivity index (χ0) is 16.6. The second-order valence-corrected chi connectivity index (χ2v) is 6.69. The van der Waals surface area contributed by atoms with Crippen LogP contribution in [-0.4, -0.2) is 16.0 Å². The first-order valence-electron chi connectivity index (χ1n) is 8.23. The van der Waals surface area contributed by atoms with Crippen LogP contribution in [0.15, 0.2) is 52.3 Å². The summed E-state index contributed by atoms with van der Waals surface area (Å²) in [5.41, 5.74) is 1.36. The van der Waals surface area contributed by atoms with Crippen LogP contribution in [0, 0.1) is 0 Å². The Morgan fingerprint density at radius 1 is 1.00 bits per heavy atom. The van der Waals surface area contributed by atoms with Gasteiger partial charge in [-0.15, -0.1) is 21.5 Å². The Bertz CT molecular complexity index is 751. The summed E-state index contributed by atoms with van der Waals surface area (Å²) >= 11 is 1.54. The van der Waals surface area contributed by atoms with E-state index in [9.17, 15) is 4.79 Å². The van der Waals surface area contributed by atoms with Crippen LogP contribution in [0.3, 0.4) is 0 Å². The summed E-state index contributed by atoms with van der Waals surface area (Å²) in [7, 11) is 0. The predicted molar refractivity (Wildman–Crippen MR) is 94.9 cm³/mol. The maximum absolute atomic E-state index is 12.0.